The molecule has 3 rings (SSSR count). The minimum atomic E-state index is 0.217. The first-order chi connectivity index (χ1) is 9.33. The van der Waals surface area contributed by atoms with Crippen LogP contribution in [0.25, 0.3) is 0 Å². The van der Waals surface area contributed by atoms with Crippen LogP contribution in [-0.2, 0) is 11.2 Å². The molecule has 3 heteroatoms. The first-order valence-electron chi connectivity index (χ1n) is 7.51. The molecule has 1 aromatic rings. The molecule has 1 N–H and O–H groups in total. The summed E-state index contributed by atoms with van der Waals surface area (Å²) in [6.07, 6.45) is 11.6. The lowest BCUT2D eigenvalue weighted by Gasteiger charge is -2.20. The third-order valence-corrected chi connectivity index (χ3v) is 4.82. The molecular weight excluding hydrogens is 236 g/mol. The molecule has 0 saturated heterocycles. The van der Waals surface area contributed by atoms with Crippen LogP contribution in [0.4, 0.5) is 0 Å². The van der Waals surface area contributed by atoms with Crippen LogP contribution in [-0.4, -0.2) is 16.9 Å². The topological polar surface area (TPSA) is 42.0 Å². The Bertz CT molecular complexity index is 432. The number of amides is 1. The van der Waals surface area contributed by atoms with E-state index in [1.54, 1.807) is 12.4 Å². The Hall–Kier alpha value is -1.38. The van der Waals surface area contributed by atoms with Gasteiger partial charge in [0.05, 0.1) is 0 Å². The molecule has 2 fully saturated rings. The van der Waals surface area contributed by atoms with E-state index in [1.807, 2.05) is 12.1 Å². The van der Waals surface area contributed by atoms with Gasteiger partial charge in [-0.05, 0) is 55.2 Å². The van der Waals surface area contributed by atoms with Crippen LogP contribution in [0.2, 0.25) is 0 Å². The molecule has 1 heterocycles. The molecule has 1 aromatic heterocycles. The molecule has 0 unspecified atom stereocenters. The number of carbonyl (C=O) groups is 1. The highest BCUT2D eigenvalue weighted by atomic mass is 16.1. The second-order valence-corrected chi connectivity index (χ2v) is 5.96. The Kier molecular flexibility index (Phi) is 3.81. The third-order valence-electron chi connectivity index (χ3n) is 4.82. The number of aromatic nitrogens is 1. The predicted molar refractivity (Wildman–Crippen MR) is 74.6 cm³/mol. The van der Waals surface area contributed by atoms with Crippen LogP contribution < -0.4 is 5.32 Å². The Morgan fingerprint density at radius 2 is 2.05 bits per heavy atom. The van der Waals surface area contributed by atoms with Crippen molar-refractivity contribution >= 4 is 5.91 Å². The molecule has 0 spiro atoms. The first-order valence-corrected chi connectivity index (χ1v) is 7.51. The third kappa shape index (κ3) is 2.96. The molecule has 2 aliphatic carbocycles. The molecule has 0 bridgehead atoms. The largest absolute Gasteiger partial charge is 0.353 e. The summed E-state index contributed by atoms with van der Waals surface area (Å²) in [7, 11) is 0. The first kappa shape index (κ1) is 12.6. The van der Waals surface area contributed by atoms with E-state index >= 15 is 0 Å². The maximum Gasteiger partial charge on any atom is 0.220 e. The molecule has 102 valence electrons. The maximum absolute atomic E-state index is 12.0. The minimum Gasteiger partial charge on any atom is -0.353 e. The lowest BCUT2D eigenvalue weighted by molar-refractivity contribution is -0.122. The molecule has 3 nitrogen and oxygen atoms in total. The monoisotopic (exact) mass is 258 g/mol. The predicted octanol–water partition coefficient (Wildman–Crippen LogP) is 2.71. The van der Waals surface area contributed by atoms with E-state index < -0.39 is 0 Å². The maximum atomic E-state index is 12.0. The number of carbonyl (C=O) groups excluding carboxylic acids is 1. The number of nitrogens with zero attached hydrogens (tertiary/aromatic N) is 1. The average Bonchev–Trinajstić information content (AvgIpc) is 3.03. The van der Waals surface area contributed by atoms with Crippen molar-refractivity contribution in [2.75, 3.05) is 0 Å². The SMILES string of the molecule is O=C(CCc1ccncc1)N[C@@H]1CC[C@H]2CCC[C@H]21. The number of rotatable bonds is 4. The van der Waals surface area contributed by atoms with Gasteiger partial charge in [0, 0.05) is 24.9 Å². The molecule has 2 aliphatic rings. The molecule has 0 aromatic carbocycles. The minimum absolute atomic E-state index is 0.217. The van der Waals surface area contributed by atoms with Crippen molar-refractivity contribution < 1.29 is 4.79 Å². The summed E-state index contributed by atoms with van der Waals surface area (Å²) < 4.78 is 0. The average molecular weight is 258 g/mol. The van der Waals surface area contributed by atoms with Crippen molar-refractivity contribution in [1.29, 1.82) is 0 Å². The Balaban J connectivity index is 1.46. The molecular formula is C16H22N2O. The number of hydrogen-bond donors (Lipinski definition) is 1. The Morgan fingerprint density at radius 3 is 2.89 bits per heavy atom. The van der Waals surface area contributed by atoms with Gasteiger partial charge >= 0.3 is 0 Å². The van der Waals surface area contributed by atoms with Gasteiger partial charge < -0.3 is 5.32 Å². The zero-order valence-corrected chi connectivity index (χ0v) is 11.3. The summed E-state index contributed by atoms with van der Waals surface area (Å²) in [5, 5.41) is 3.27. The molecule has 3 atom stereocenters. The fourth-order valence-corrected chi connectivity index (χ4v) is 3.83. The number of nitrogens with one attached hydrogen (secondary N) is 1. The van der Waals surface area contributed by atoms with E-state index in [4.69, 9.17) is 0 Å². The Morgan fingerprint density at radius 1 is 1.21 bits per heavy atom. The lowest BCUT2D eigenvalue weighted by Crippen LogP contribution is -2.37. The van der Waals surface area contributed by atoms with E-state index in [9.17, 15) is 4.79 Å². The van der Waals surface area contributed by atoms with Crippen molar-refractivity contribution in [1.82, 2.24) is 10.3 Å². The number of pyridine rings is 1. The van der Waals surface area contributed by atoms with Crippen molar-refractivity contribution in [3.05, 3.63) is 30.1 Å². The summed E-state index contributed by atoms with van der Waals surface area (Å²) >= 11 is 0. The van der Waals surface area contributed by atoms with Crippen molar-refractivity contribution in [3.8, 4) is 0 Å². The van der Waals surface area contributed by atoms with Gasteiger partial charge in [0.25, 0.3) is 0 Å². The van der Waals surface area contributed by atoms with Gasteiger partial charge in [0.2, 0.25) is 5.91 Å². The summed E-state index contributed by atoms with van der Waals surface area (Å²) in [4.78, 5) is 16.0. The standard InChI is InChI=1S/C16H22N2O/c19-16(7-4-12-8-10-17-11-9-12)18-15-6-5-13-2-1-3-14(13)15/h8-11,13-15H,1-7H2,(H,18,19)/t13-,14-,15-/m1/s1. The van der Waals surface area contributed by atoms with E-state index in [0.717, 1.165) is 18.3 Å². The van der Waals surface area contributed by atoms with E-state index in [0.29, 0.717) is 12.5 Å². The summed E-state index contributed by atoms with van der Waals surface area (Å²) in [6, 6.07) is 4.42. The molecule has 19 heavy (non-hydrogen) atoms. The highest BCUT2D eigenvalue weighted by Crippen LogP contribution is 2.43. The van der Waals surface area contributed by atoms with Gasteiger partial charge in [-0.2, -0.15) is 0 Å². The van der Waals surface area contributed by atoms with Crippen LogP contribution in [0.3, 0.4) is 0 Å². The zero-order chi connectivity index (χ0) is 13.1. The van der Waals surface area contributed by atoms with Crippen LogP contribution in [0.1, 0.15) is 44.1 Å². The van der Waals surface area contributed by atoms with Gasteiger partial charge in [-0.25, -0.2) is 0 Å². The van der Waals surface area contributed by atoms with Gasteiger partial charge in [-0.3, -0.25) is 9.78 Å². The molecule has 0 radical (unpaired) electrons. The molecule has 2 saturated carbocycles. The van der Waals surface area contributed by atoms with Crippen LogP contribution in [0.15, 0.2) is 24.5 Å². The van der Waals surface area contributed by atoms with Gasteiger partial charge in [0.15, 0.2) is 0 Å². The van der Waals surface area contributed by atoms with E-state index in [1.165, 1.54) is 37.7 Å². The van der Waals surface area contributed by atoms with Crippen molar-refractivity contribution in [2.24, 2.45) is 11.8 Å². The lowest BCUT2D eigenvalue weighted by atomic mass is 9.97. The van der Waals surface area contributed by atoms with Gasteiger partial charge in [0.1, 0.15) is 0 Å². The number of aryl methyl sites for hydroxylation is 1. The normalized spacial score (nSPS) is 29.2. The molecule has 1 amide bonds. The number of fused-ring (bicyclic) bond motifs is 1. The highest BCUT2D eigenvalue weighted by Gasteiger charge is 2.39. The smallest absolute Gasteiger partial charge is 0.220 e. The van der Waals surface area contributed by atoms with Crippen LogP contribution in [0, 0.1) is 11.8 Å². The van der Waals surface area contributed by atoms with Crippen LogP contribution in [0.5, 0.6) is 0 Å². The Labute approximate surface area is 114 Å². The fraction of sp³-hybridized carbons (Fsp3) is 0.625. The fourth-order valence-electron chi connectivity index (χ4n) is 3.83. The molecule has 0 aliphatic heterocycles. The summed E-state index contributed by atoms with van der Waals surface area (Å²) in [5.41, 5.74) is 1.19. The summed E-state index contributed by atoms with van der Waals surface area (Å²) in [5.74, 6) is 1.88. The summed E-state index contributed by atoms with van der Waals surface area (Å²) in [6.45, 7) is 0. The quantitative estimate of drug-likeness (QED) is 0.902. The van der Waals surface area contributed by atoms with Gasteiger partial charge in [-0.15, -0.1) is 0 Å². The van der Waals surface area contributed by atoms with Crippen LogP contribution >= 0.6 is 0 Å². The van der Waals surface area contributed by atoms with E-state index in [-0.39, 0.29) is 5.91 Å². The highest BCUT2D eigenvalue weighted by molar-refractivity contribution is 5.76. The van der Waals surface area contributed by atoms with Crippen molar-refractivity contribution in [2.45, 2.75) is 51.0 Å². The van der Waals surface area contributed by atoms with E-state index in [2.05, 4.69) is 10.3 Å². The zero-order valence-electron chi connectivity index (χ0n) is 11.3. The number of hydrogen-bond acceptors (Lipinski definition) is 2. The second kappa shape index (κ2) is 5.72. The van der Waals surface area contributed by atoms with Gasteiger partial charge in [-0.1, -0.05) is 12.8 Å². The second-order valence-electron chi connectivity index (χ2n) is 5.96. The van der Waals surface area contributed by atoms with Crippen molar-refractivity contribution in [3.63, 3.8) is 0 Å².